The minimum atomic E-state index is -0.205. The zero-order valence-electron chi connectivity index (χ0n) is 10.2. The number of benzene rings is 1. The fourth-order valence-corrected chi connectivity index (χ4v) is 2.61. The summed E-state index contributed by atoms with van der Waals surface area (Å²) >= 11 is 3.41. The highest BCUT2D eigenvalue weighted by molar-refractivity contribution is 9.10. The first kappa shape index (κ1) is 12.8. The molecule has 1 saturated heterocycles. The van der Waals surface area contributed by atoms with Crippen molar-refractivity contribution in [2.24, 2.45) is 5.41 Å². The van der Waals surface area contributed by atoms with Crippen molar-refractivity contribution in [2.45, 2.75) is 20.3 Å². The van der Waals surface area contributed by atoms with Crippen LogP contribution in [0, 0.1) is 11.2 Å². The molecule has 0 aromatic heterocycles. The van der Waals surface area contributed by atoms with Crippen LogP contribution in [0.4, 0.5) is 4.39 Å². The smallest absolute Gasteiger partial charge is 0.124 e. The molecular weight excluding hydrogens is 281 g/mol. The van der Waals surface area contributed by atoms with Crippen LogP contribution in [0.15, 0.2) is 28.2 Å². The third kappa shape index (κ3) is 2.96. The van der Waals surface area contributed by atoms with E-state index in [1.165, 1.54) is 17.7 Å². The topological polar surface area (TPSA) is 12.0 Å². The van der Waals surface area contributed by atoms with Crippen molar-refractivity contribution in [3.8, 4) is 0 Å². The van der Waals surface area contributed by atoms with Crippen LogP contribution in [-0.4, -0.2) is 13.1 Å². The summed E-state index contributed by atoms with van der Waals surface area (Å²) in [6.45, 7) is 6.50. The Hall–Kier alpha value is -0.670. The molecule has 92 valence electrons. The molecule has 0 spiro atoms. The first-order valence-electron chi connectivity index (χ1n) is 5.86. The molecule has 1 aromatic carbocycles. The van der Waals surface area contributed by atoms with Crippen LogP contribution in [0.3, 0.4) is 0 Å². The third-order valence-electron chi connectivity index (χ3n) is 3.30. The number of rotatable bonds is 1. The molecule has 0 atom stereocenters. The Morgan fingerprint density at radius 2 is 2.18 bits per heavy atom. The molecule has 1 fully saturated rings. The van der Waals surface area contributed by atoms with E-state index < -0.39 is 0 Å². The molecule has 1 aliphatic heterocycles. The second kappa shape index (κ2) is 4.91. The predicted octanol–water partition coefficient (Wildman–Crippen LogP) is 3.99. The Balaban J connectivity index is 2.34. The normalized spacial score (nSPS) is 21.8. The number of hydrogen-bond donors (Lipinski definition) is 1. The Labute approximate surface area is 110 Å². The van der Waals surface area contributed by atoms with E-state index in [2.05, 4.69) is 41.2 Å². The highest BCUT2D eigenvalue weighted by Crippen LogP contribution is 2.33. The van der Waals surface area contributed by atoms with Gasteiger partial charge in [-0.25, -0.2) is 4.39 Å². The lowest BCUT2D eigenvalue weighted by molar-refractivity contribution is 0.360. The Kier molecular flexibility index (Phi) is 3.69. The zero-order chi connectivity index (χ0) is 12.5. The van der Waals surface area contributed by atoms with Crippen LogP contribution >= 0.6 is 15.9 Å². The minimum Gasteiger partial charge on any atom is -0.316 e. The maximum atomic E-state index is 13.0. The summed E-state index contributed by atoms with van der Waals surface area (Å²) in [7, 11) is 0. The molecule has 0 amide bonds. The Morgan fingerprint density at radius 1 is 1.41 bits per heavy atom. The van der Waals surface area contributed by atoms with Gasteiger partial charge in [0, 0.05) is 11.0 Å². The second-order valence-corrected chi connectivity index (χ2v) is 6.00. The summed E-state index contributed by atoms with van der Waals surface area (Å²) < 4.78 is 13.8. The van der Waals surface area contributed by atoms with Crippen LogP contribution in [0.25, 0.3) is 6.08 Å². The number of hydrogen-bond acceptors (Lipinski definition) is 1. The fourth-order valence-electron chi connectivity index (χ4n) is 2.15. The molecule has 0 aliphatic carbocycles. The van der Waals surface area contributed by atoms with Gasteiger partial charge in [0.2, 0.25) is 0 Å². The van der Waals surface area contributed by atoms with E-state index in [4.69, 9.17) is 0 Å². The van der Waals surface area contributed by atoms with E-state index in [0.717, 1.165) is 29.5 Å². The highest BCUT2D eigenvalue weighted by atomic mass is 79.9. The summed E-state index contributed by atoms with van der Waals surface area (Å²) in [5, 5.41) is 3.40. The van der Waals surface area contributed by atoms with Crippen molar-refractivity contribution in [3.63, 3.8) is 0 Å². The van der Waals surface area contributed by atoms with Crippen LogP contribution < -0.4 is 5.32 Å². The van der Waals surface area contributed by atoms with E-state index in [0.29, 0.717) is 0 Å². The van der Waals surface area contributed by atoms with Gasteiger partial charge in [-0.3, -0.25) is 0 Å². The molecule has 2 rings (SSSR count). The van der Waals surface area contributed by atoms with E-state index in [1.54, 1.807) is 0 Å². The van der Waals surface area contributed by atoms with Crippen LogP contribution in [-0.2, 0) is 0 Å². The van der Waals surface area contributed by atoms with Gasteiger partial charge in [0.1, 0.15) is 5.82 Å². The standard InChI is InChI=1S/C14H17BrFN/c1-14(2)9-17-6-5-11(14)7-10-3-4-12(16)8-13(10)15/h3-4,7-8,17H,5-6,9H2,1-2H3/b11-7+. The molecule has 3 heteroatoms. The lowest BCUT2D eigenvalue weighted by atomic mass is 9.79. The van der Waals surface area contributed by atoms with Crippen LogP contribution in [0.5, 0.6) is 0 Å². The quantitative estimate of drug-likeness (QED) is 0.826. The van der Waals surface area contributed by atoms with Crippen LogP contribution in [0.1, 0.15) is 25.8 Å². The minimum absolute atomic E-state index is 0.173. The molecule has 0 radical (unpaired) electrons. The SMILES string of the molecule is CC1(C)CNCC/C1=C\c1ccc(F)cc1Br. The van der Waals surface area contributed by atoms with Gasteiger partial charge in [-0.1, -0.05) is 47.5 Å². The molecule has 0 saturated carbocycles. The molecule has 0 bridgehead atoms. The lowest BCUT2D eigenvalue weighted by Gasteiger charge is -2.33. The summed E-state index contributed by atoms with van der Waals surface area (Å²) in [6, 6.07) is 4.84. The van der Waals surface area contributed by atoms with Gasteiger partial charge in [-0.05, 0) is 36.1 Å². The summed E-state index contributed by atoms with van der Waals surface area (Å²) in [5.74, 6) is -0.205. The van der Waals surface area contributed by atoms with Crippen molar-refractivity contribution in [2.75, 3.05) is 13.1 Å². The monoisotopic (exact) mass is 297 g/mol. The molecule has 1 aromatic rings. The average Bonchev–Trinajstić information content (AvgIpc) is 2.24. The average molecular weight is 298 g/mol. The van der Waals surface area contributed by atoms with Gasteiger partial charge in [-0.15, -0.1) is 0 Å². The van der Waals surface area contributed by atoms with E-state index >= 15 is 0 Å². The Morgan fingerprint density at radius 3 is 2.82 bits per heavy atom. The second-order valence-electron chi connectivity index (χ2n) is 5.15. The highest BCUT2D eigenvalue weighted by Gasteiger charge is 2.26. The van der Waals surface area contributed by atoms with Crippen molar-refractivity contribution in [1.29, 1.82) is 0 Å². The maximum Gasteiger partial charge on any atom is 0.124 e. The molecule has 1 nitrogen and oxygen atoms in total. The Bertz CT molecular complexity index is 452. The van der Waals surface area contributed by atoms with Crippen molar-refractivity contribution in [1.82, 2.24) is 5.32 Å². The number of halogens is 2. The van der Waals surface area contributed by atoms with Gasteiger partial charge in [-0.2, -0.15) is 0 Å². The van der Waals surface area contributed by atoms with Crippen molar-refractivity contribution in [3.05, 3.63) is 39.6 Å². The summed E-state index contributed by atoms with van der Waals surface area (Å²) in [5.41, 5.74) is 2.64. The van der Waals surface area contributed by atoms with Crippen LogP contribution in [0.2, 0.25) is 0 Å². The molecule has 0 unspecified atom stereocenters. The predicted molar refractivity (Wildman–Crippen MR) is 73.3 cm³/mol. The molecule has 1 heterocycles. The van der Waals surface area contributed by atoms with Crippen molar-refractivity contribution >= 4 is 22.0 Å². The fraction of sp³-hybridized carbons (Fsp3) is 0.429. The number of nitrogens with one attached hydrogen (secondary N) is 1. The van der Waals surface area contributed by atoms with Gasteiger partial charge in [0.25, 0.3) is 0 Å². The third-order valence-corrected chi connectivity index (χ3v) is 3.99. The molecule has 1 aliphatic rings. The summed E-state index contributed by atoms with van der Waals surface area (Å²) in [4.78, 5) is 0. The molecule has 17 heavy (non-hydrogen) atoms. The molecule has 1 N–H and O–H groups in total. The molecular formula is C14H17BrFN. The van der Waals surface area contributed by atoms with Crippen molar-refractivity contribution < 1.29 is 4.39 Å². The van der Waals surface area contributed by atoms with Gasteiger partial charge in [0.05, 0.1) is 0 Å². The maximum absolute atomic E-state index is 13.0. The largest absolute Gasteiger partial charge is 0.316 e. The zero-order valence-corrected chi connectivity index (χ0v) is 11.8. The van der Waals surface area contributed by atoms with Gasteiger partial charge < -0.3 is 5.32 Å². The van der Waals surface area contributed by atoms with Gasteiger partial charge >= 0.3 is 0 Å². The first-order valence-corrected chi connectivity index (χ1v) is 6.65. The van der Waals surface area contributed by atoms with E-state index in [-0.39, 0.29) is 11.2 Å². The number of piperidine rings is 1. The first-order chi connectivity index (χ1) is 7.99. The van der Waals surface area contributed by atoms with E-state index in [1.807, 2.05) is 6.07 Å². The lowest BCUT2D eigenvalue weighted by Crippen LogP contribution is -2.37. The van der Waals surface area contributed by atoms with Gasteiger partial charge in [0.15, 0.2) is 0 Å². The summed E-state index contributed by atoms with van der Waals surface area (Å²) in [6.07, 6.45) is 3.24. The van der Waals surface area contributed by atoms with E-state index in [9.17, 15) is 4.39 Å².